The Kier molecular flexibility index (Phi) is 6.74. The predicted octanol–water partition coefficient (Wildman–Crippen LogP) is 3.66. The minimum atomic E-state index is -0.282. The van der Waals surface area contributed by atoms with Crippen molar-refractivity contribution in [3.63, 3.8) is 0 Å². The molecule has 0 bridgehead atoms. The first-order valence-corrected chi connectivity index (χ1v) is 12.1. The lowest BCUT2D eigenvalue weighted by molar-refractivity contribution is -0.111. The van der Waals surface area contributed by atoms with Gasteiger partial charge in [0.05, 0.1) is 41.6 Å². The average molecular weight is 499 g/mol. The number of aromatic nitrogens is 4. The summed E-state index contributed by atoms with van der Waals surface area (Å²) >= 11 is 0. The fourth-order valence-electron chi connectivity index (χ4n) is 4.45. The number of piperazine rings is 1. The molecular weight excluding hydrogens is 468 g/mol. The number of aryl methyl sites for hydroxylation is 1. The monoisotopic (exact) mass is 498 g/mol. The Morgan fingerprint density at radius 1 is 1.08 bits per heavy atom. The molecule has 1 fully saturated rings. The van der Waals surface area contributed by atoms with Crippen molar-refractivity contribution in [2.45, 2.75) is 0 Å². The second-order valence-corrected chi connectivity index (χ2v) is 8.99. The molecule has 0 saturated carbocycles. The molecule has 3 heterocycles. The van der Waals surface area contributed by atoms with Crippen molar-refractivity contribution in [3.8, 4) is 17.0 Å². The summed E-state index contributed by atoms with van der Waals surface area (Å²) in [6.07, 6.45) is 4.81. The van der Waals surface area contributed by atoms with Crippen LogP contribution >= 0.6 is 0 Å². The SMILES string of the molecule is C=CC(=O)Nc1cc(Nc2nccc(-c3ccc4c(cnn4C)c3)n2)c(OC)cc1N1CCN(C)CC1. The molecule has 1 amide bonds. The highest BCUT2D eigenvalue weighted by molar-refractivity contribution is 6.02. The number of anilines is 4. The normalized spacial score (nSPS) is 14.0. The lowest BCUT2D eigenvalue weighted by atomic mass is 10.1. The molecule has 1 aliphatic rings. The van der Waals surface area contributed by atoms with Crippen LogP contribution < -0.4 is 20.3 Å². The number of likely N-dealkylation sites (N-methyl/N-ethyl adjacent to an activating group) is 1. The number of hydrogen-bond donors (Lipinski definition) is 2. The van der Waals surface area contributed by atoms with Gasteiger partial charge >= 0.3 is 0 Å². The fraction of sp³-hybridized carbons (Fsp3) is 0.259. The van der Waals surface area contributed by atoms with Crippen LogP contribution in [0.4, 0.5) is 23.0 Å². The van der Waals surface area contributed by atoms with E-state index in [0.717, 1.165) is 54.0 Å². The summed E-state index contributed by atoms with van der Waals surface area (Å²) in [6, 6.07) is 11.8. The summed E-state index contributed by atoms with van der Waals surface area (Å²) in [7, 11) is 5.65. The minimum Gasteiger partial charge on any atom is -0.494 e. The zero-order chi connectivity index (χ0) is 25.9. The number of amides is 1. The second-order valence-electron chi connectivity index (χ2n) is 8.99. The van der Waals surface area contributed by atoms with E-state index < -0.39 is 0 Å². The van der Waals surface area contributed by atoms with Crippen molar-refractivity contribution in [2.75, 3.05) is 55.9 Å². The number of carbonyl (C=O) groups is 1. The third-order valence-electron chi connectivity index (χ3n) is 6.55. The van der Waals surface area contributed by atoms with E-state index in [1.807, 2.05) is 48.3 Å². The Morgan fingerprint density at radius 3 is 2.65 bits per heavy atom. The molecule has 1 aliphatic heterocycles. The van der Waals surface area contributed by atoms with Crippen LogP contribution in [0.1, 0.15) is 0 Å². The molecule has 2 N–H and O–H groups in total. The summed E-state index contributed by atoms with van der Waals surface area (Å²) in [5.74, 6) is 0.752. The summed E-state index contributed by atoms with van der Waals surface area (Å²) in [4.78, 5) is 25.9. The molecular formula is C27H30N8O2. The molecule has 10 nitrogen and oxygen atoms in total. The number of nitrogens with one attached hydrogen (secondary N) is 2. The molecule has 0 spiro atoms. The van der Waals surface area contributed by atoms with Crippen molar-refractivity contribution < 1.29 is 9.53 Å². The maximum absolute atomic E-state index is 12.3. The molecule has 0 aliphatic carbocycles. The van der Waals surface area contributed by atoms with E-state index in [1.165, 1.54) is 6.08 Å². The molecule has 10 heteroatoms. The Labute approximate surface area is 215 Å². The smallest absolute Gasteiger partial charge is 0.247 e. The number of hydrogen-bond acceptors (Lipinski definition) is 8. The summed E-state index contributed by atoms with van der Waals surface area (Å²) in [5.41, 5.74) is 4.98. The van der Waals surface area contributed by atoms with Crippen molar-refractivity contribution >= 4 is 39.8 Å². The third-order valence-corrected chi connectivity index (χ3v) is 6.55. The van der Waals surface area contributed by atoms with Crippen LogP contribution in [0, 0.1) is 0 Å². The number of carbonyl (C=O) groups excluding carboxylic acids is 1. The lowest BCUT2D eigenvalue weighted by Crippen LogP contribution is -2.44. The van der Waals surface area contributed by atoms with E-state index in [2.05, 4.69) is 50.2 Å². The van der Waals surface area contributed by atoms with Crippen molar-refractivity contribution in [2.24, 2.45) is 7.05 Å². The Morgan fingerprint density at radius 2 is 1.89 bits per heavy atom. The fourth-order valence-corrected chi connectivity index (χ4v) is 4.45. The summed E-state index contributed by atoms with van der Waals surface area (Å²) < 4.78 is 7.56. The van der Waals surface area contributed by atoms with Gasteiger partial charge < -0.3 is 25.2 Å². The van der Waals surface area contributed by atoms with Gasteiger partial charge in [0.15, 0.2) is 0 Å². The van der Waals surface area contributed by atoms with E-state index in [-0.39, 0.29) is 5.91 Å². The van der Waals surface area contributed by atoms with E-state index >= 15 is 0 Å². The van der Waals surface area contributed by atoms with Crippen LogP contribution in [0.25, 0.3) is 22.2 Å². The largest absolute Gasteiger partial charge is 0.494 e. The van der Waals surface area contributed by atoms with Gasteiger partial charge in [0.2, 0.25) is 11.9 Å². The first kappa shape index (κ1) is 24.3. The van der Waals surface area contributed by atoms with Crippen molar-refractivity contribution in [3.05, 3.63) is 61.4 Å². The zero-order valence-corrected chi connectivity index (χ0v) is 21.2. The zero-order valence-electron chi connectivity index (χ0n) is 21.2. The number of ether oxygens (including phenoxy) is 1. The second kappa shape index (κ2) is 10.3. The number of fused-ring (bicyclic) bond motifs is 1. The van der Waals surface area contributed by atoms with Crippen LogP contribution in [-0.4, -0.2) is 70.9 Å². The predicted molar refractivity (Wildman–Crippen MR) is 147 cm³/mol. The average Bonchev–Trinajstić information content (AvgIpc) is 3.29. The van der Waals surface area contributed by atoms with Gasteiger partial charge in [-0.1, -0.05) is 12.6 Å². The molecule has 37 heavy (non-hydrogen) atoms. The van der Waals surface area contributed by atoms with Crippen LogP contribution in [0.3, 0.4) is 0 Å². The Balaban J connectivity index is 1.48. The Hall–Kier alpha value is -4.44. The van der Waals surface area contributed by atoms with Gasteiger partial charge in [-0.05, 0) is 37.4 Å². The van der Waals surface area contributed by atoms with Gasteiger partial charge in [-0.3, -0.25) is 9.48 Å². The summed E-state index contributed by atoms with van der Waals surface area (Å²) in [6.45, 7) is 7.15. The van der Waals surface area contributed by atoms with Gasteiger partial charge in [-0.2, -0.15) is 5.10 Å². The van der Waals surface area contributed by atoms with Gasteiger partial charge in [-0.15, -0.1) is 0 Å². The quantitative estimate of drug-likeness (QED) is 0.373. The van der Waals surface area contributed by atoms with Gasteiger partial charge in [0.25, 0.3) is 0 Å². The van der Waals surface area contributed by atoms with E-state index in [0.29, 0.717) is 23.1 Å². The number of nitrogens with zero attached hydrogens (tertiary/aromatic N) is 6. The van der Waals surface area contributed by atoms with Crippen LogP contribution in [0.5, 0.6) is 5.75 Å². The molecule has 4 aromatic rings. The topological polar surface area (TPSA) is 100 Å². The van der Waals surface area contributed by atoms with Gasteiger partial charge in [-0.25, -0.2) is 9.97 Å². The number of benzene rings is 2. The standard InChI is InChI=1S/C27H30N8O2/c1-5-26(36)30-21-15-22(25(37-4)16-24(21)35-12-10-33(2)11-13-35)32-27-28-9-8-20(31-27)18-6-7-23-19(14-18)17-29-34(23)3/h5-9,14-17H,1,10-13H2,2-4H3,(H,30,36)(H,28,31,32). The van der Waals surface area contributed by atoms with E-state index in [4.69, 9.17) is 9.72 Å². The first-order valence-electron chi connectivity index (χ1n) is 12.1. The number of methoxy groups -OCH3 is 1. The molecule has 2 aromatic carbocycles. The lowest BCUT2D eigenvalue weighted by Gasteiger charge is -2.35. The highest BCUT2D eigenvalue weighted by Crippen LogP contribution is 2.38. The van der Waals surface area contributed by atoms with E-state index in [9.17, 15) is 4.79 Å². The molecule has 5 rings (SSSR count). The molecule has 190 valence electrons. The molecule has 2 aromatic heterocycles. The maximum atomic E-state index is 12.3. The Bertz CT molecular complexity index is 1460. The van der Waals surface area contributed by atoms with Gasteiger partial charge in [0.1, 0.15) is 5.75 Å². The summed E-state index contributed by atoms with van der Waals surface area (Å²) in [5, 5.41) is 11.6. The third kappa shape index (κ3) is 5.10. The first-order chi connectivity index (χ1) is 17.9. The molecule has 0 atom stereocenters. The molecule has 1 saturated heterocycles. The van der Waals surface area contributed by atoms with Crippen LogP contribution in [-0.2, 0) is 11.8 Å². The van der Waals surface area contributed by atoms with Crippen LogP contribution in [0.15, 0.2) is 61.4 Å². The maximum Gasteiger partial charge on any atom is 0.247 e. The molecule has 0 unspecified atom stereocenters. The van der Waals surface area contributed by atoms with Crippen molar-refractivity contribution in [1.29, 1.82) is 0 Å². The molecule has 0 radical (unpaired) electrons. The minimum absolute atomic E-state index is 0.282. The highest BCUT2D eigenvalue weighted by atomic mass is 16.5. The van der Waals surface area contributed by atoms with Gasteiger partial charge in [0, 0.05) is 56.4 Å². The number of rotatable bonds is 7. The van der Waals surface area contributed by atoms with E-state index in [1.54, 1.807) is 13.3 Å². The van der Waals surface area contributed by atoms with Crippen LogP contribution in [0.2, 0.25) is 0 Å². The van der Waals surface area contributed by atoms with Crippen molar-refractivity contribution in [1.82, 2.24) is 24.6 Å². The highest BCUT2D eigenvalue weighted by Gasteiger charge is 2.21.